The minimum Gasteiger partial charge on any atom is -0.354 e. The zero-order chi connectivity index (χ0) is 16.9. The molecular formula is C20H25ClN2S. The maximum absolute atomic E-state index is 6.16. The number of benzene rings is 1. The Labute approximate surface area is 153 Å². The molecule has 2 heterocycles. The number of nitrogens with one attached hydrogen (secondary N) is 1. The third-order valence-corrected chi connectivity index (χ3v) is 5.74. The fraction of sp³-hybridized carbons (Fsp3) is 0.400. The van der Waals surface area contributed by atoms with Crippen molar-refractivity contribution >= 4 is 33.8 Å². The van der Waals surface area contributed by atoms with Gasteiger partial charge in [0.25, 0.3) is 0 Å². The minimum absolute atomic E-state index is 0.754. The molecule has 2 aromatic heterocycles. The Balaban J connectivity index is 2.03. The van der Waals surface area contributed by atoms with Gasteiger partial charge in [-0.25, -0.2) is 0 Å². The van der Waals surface area contributed by atoms with Crippen molar-refractivity contribution in [2.24, 2.45) is 5.73 Å². The second kappa shape index (κ2) is 8.19. The summed E-state index contributed by atoms with van der Waals surface area (Å²) >= 11 is 7.80. The molecule has 1 aromatic carbocycles. The molecule has 0 amide bonds. The summed E-state index contributed by atoms with van der Waals surface area (Å²) in [5.41, 5.74) is 11.0. The molecule has 0 spiro atoms. The van der Waals surface area contributed by atoms with Gasteiger partial charge in [-0.2, -0.15) is 0 Å². The standard InChI is InChI=1S/C20H25ClN2S/c1-2-3-6-14-8-9-17-16(13-14)15(7-4-5-12-22)20(23-17)18-10-11-19(21)24-18/h8-11,13,23H,2-7,12,22H2,1H3. The van der Waals surface area contributed by atoms with E-state index in [4.69, 9.17) is 17.3 Å². The number of aryl methyl sites for hydroxylation is 2. The van der Waals surface area contributed by atoms with Crippen LogP contribution < -0.4 is 5.73 Å². The number of thiophene rings is 1. The average molecular weight is 361 g/mol. The van der Waals surface area contributed by atoms with Crippen molar-refractivity contribution in [1.82, 2.24) is 4.98 Å². The number of aromatic nitrogens is 1. The molecule has 0 radical (unpaired) electrons. The molecule has 0 saturated carbocycles. The van der Waals surface area contributed by atoms with Crippen LogP contribution in [0.4, 0.5) is 0 Å². The molecular weight excluding hydrogens is 336 g/mol. The van der Waals surface area contributed by atoms with Gasteiger partial charge in [0.1, 0.15) is 0 Å². The van der Waals surface area contributed by atoms with Crippen LogP contribution in [-0.4, -0.2) is 11.5 Å². The van der Waals surface area contributed by atoms with E-state index in [1.54, 1.807) is 11.3 Å². The van der Waals surface area contributed by atoms with Gasteiger partial charge in [-0.05, 0) is 74.0 Å². The van der Waals surface area contributed by atoms with Crippen LogP contribution in [0.3, 0.4) is 0 Å². The molecule has 0 unspecified atom stereocenters. The Morgan fingerprint density at radius 3 is 2.67 bits per heavy atom. The van der Waals surface area contributed by atoms with Crippen LogP contribution >= 0.6 is 22.9 Å². The second-order valence-electron chi connectivity index (χ2n) is 6.31. The maximum atomic E-state index is 6.16. The quantitative estimate of drug-likeness (QED) is 0.463. The summed E-state index contributed by atoms with van der Waals surface area (Å²) in [5.74, 6) is 0. The zero-order valence-electron chi connectivity index (χ0n) is 14.2. The molecule has 2 nitrogen and oxygen atoms in total. The number of fused-ring (bicyclic) bond motifs is 1. The maximum Gasteiger partial charge on any atom is 0.0935 e. The molecule has 0 atom stereocenters. The van der Waals surface area contributed by atoms with Crippen LogP contribution in [0, 0.1) is 0 Å². The molecule has 0 bridgehead atoms. The van der Waals surface area contributed by atoms with Crippen LogP contribution in [0.2, 0.25) is 4.34 Å². The third-order valence-electron chi connectivity index (χ3n) is 4.49. The van der Waals surface area contributed by atoms with E-state index in [9.17, 15) is 0 Å². The Kier molecular flexibility index (Phi) is 5.99. The van der Waals surface area contributed by atoms with Crippen LogP contribution in [0.1, 0.15) is 43.7 Å². The molecule has 3 aromatic rings. The number of aromatic amines is 1. The summed E-state index contributed by atoms with van der Waals surface area (Å²) in [5, 5.41) is 1.36. The fourth-order valence-electron chi connectivity index (χ4n) is 3.20. The molecule has 4 heteroatoms. The number of nitrogens with two attached hydrogens (primary N) is 1. The molecule has 0 aliphatic carbocycles. The first-order valence-electron chi connectivity index (χ1n) is 8.82. The lowest BCUT2D eigenvalue weighted by molar-refractivity contribution is 0.748. The highest BCUT2D eigenvalue weighted by atomic mass is 35.5. The summed E-state index contributed by atoms with van der Waals surface area (Å²) in [6.07, 6.45) is 6.86. The number of hydrogen-bond donors (Lipinski definition) is 2. The lowest BCUT2D eigenvalue weighted by Gasteiger charge is -2.05. The van der Waals surface area contributed by atoms with Crippen molar-refractivity contribution in [3.05, 3.63) is 45.8 Å². The smallest absolute Gasteiger partial charge is 0.0935 e. The number of rotatable bonds is 8. The third kappa shape index (κ3) is 3.85. The zero-order valence-corrected chi connectivity index (χ0v) is 15.8. The van der Waals surface area contributed by atoms with Crippen LogP contribution in [-0.2, 0) is 12.8 Å². The van der Waals surface area contributed by atoms with Gasteiger partial charge in [0.2, 0.25) is 0 Å². The molecule has 0 fully saturated rings. The van der Waals surface area contributed by atoms with Gasteiger partial charge in [0.15, 0.2) is 0 Å². The van der Waals surface area contributed by atoms with E-state index in [1.165, 1.54) is 45.4 Å². The highest BCUT2D eigenvalue weighted by molar-refractivity contribution is 7.19. The van der Waals surface area contributed by atoms with E-state index >= 15 is 0 Å². The van der Waals surface area contributed by atoms with Gasteiger partial charge in [0.05, 0.1) is 14.9 Å². The first-order chi connectivity index (χ1) is 11.7. The van der Waals surface area contributed by atoms with E-state index in [1.807, 2.05) is 6.07 Å². The van der Waals surface area contributed by atoms with E-state index in [-0.39, 0.29) is 0 Å². The normalized spacial score (nSPS) is 11.5. The van der Waals surface area contributed by atoms with Crippen LogP contribution in [0.5, 0.6) is 0 Å². The Bertz CT molecular complexity index is 803. The van der Waals surface area contributed by atoms with E-state index in [2.05, 4.69) is 36.2 Å². The first-order valence-corrected chi connectivity index (χ1v) is 10.0. The van der Waals surface area contributed by atoms with Gasteiger partial charge in [-0.1, -0.05) is 31.0 Å². The number of halogens is 1. The Morgan fingerprint density at radius 2 is 1.96 bits per heavy atom. The van der Waals surface area contributed by atoms with E-state index in [0.717, 1.165) is 36.6 Å². The van der Waals surface area contributed by atoms with E-state index in [0.29, 0.717) is 0 Å². The molecule has 3 N–H and O–H groups in total. The Hall–Kier alpha value is -1.29. The lowest BCUT2D eigenvalue weighted by Crippen LogP contribution is -1.99. The second-order valence-corrected chi connectivity index (χ2v) is 8.03. The van der Waals surface area contributed by atoms with Gasteiger partial charge < -0.3 is 10.7 Å². The van der Waals surface area contributed by atoms with Crippen molar-refractivity contribution < 1.29 is 0 Å². The molecule has 0 saturated heterocycles. The number of H-pyrrole nitrogens is 1. The predicted octanol–water partition coefficient (Wildman–Crippen LogP) is 6.17. The topological polar surface area (TPSA) is 41.8 Å². The fourth-order valence-corrected chi connectivity index (χ4v) is 4.27. The minimum atomic E-state index is 0.754. The van der Waals surface area contributed by atoms with Gasteiger partial charge >= 0.3 is 0 Å². The molecule has 24 heavy (non-hydrogen) atoms. The summed E-state index contributed by atoms with van der Waals surface area (Å²) in [7, 11) is 0. The summed E-state index contributed by atoms with van der Waals surface area (Å²) < 4.78 is 0.834. The monoisotopic (exact) mass is 360 g/mol. The molecule has 0 aliphatic heterocycles. The highest BCUT2D eigenvalue weighted by Gasteiger charge is 2.15. The molecule has 128 valence electrons. The van der Waals surface area contributed by atoms with Crippen molar-refractivity contribution in [3.63, 3.8) is 0 Å². The first kappa shape index (κ1) is 17.5. The van der Waals surface area contributed by atoms with Crippen LogP contribution in [0.25, 0.3) is 21.5 Å². The van der Waals surface area contributed by atoms with Crippen molar-refractivity contribution in [2.45, 2.75) is 45.4 Å². The summed E-state index contributed by atoms with van der Waals surface area (Å²) in [6.45, 7) is 3.00. The lowest BCUT2D eigenvalue weighted by atomic mass is 10.0. The van der Waals surface area contributed by atoms with Gasteiger partial charge in [-0.3, -0.25) is 0 Å². The van der Waals surface area contributed by atoms with Crippen molar-refractivity contribution in [3.8, 4) is 10.6 Å². The highest BCUT2D eigenvalue weighted by Crippen LogP contribution is 2.37. The molecule has 3 rings (SSSR count). The van der Waals surface area contributed by atoms with Gasteiger partial charge in [0, 0.05) is 10.9 Å². The number of unbranched alkanes of at least 4 members (excludes halogenated alkanes) is 2. The SMILES string of the molecule is CCCCc1ccc2[nH]c(-c3ccc(Cl)s3)c(CCCCN)c2c1. The largest absolute Gasteiger partial charge is 0.354 e. The van der Waals surface area contributed by atoms with Gasteiger partial charge in [-0.15, -0.1) is 11.3 Å². The average Bonchev–Trinajstić information content (AvgIpc) is 3.17. The summed E-state index contributed by atoms with van der Waals surface area (Å²) in [4.78, 5) is 4.84. The summed E-state index contributed by atoms with van der Waals surface area (Å²) in [6, 6.07) is 10.9. The predicted molar refractivity (Wildman–Crippen MR) is 107 cm³/mol. The number of hydrogen-bond acceptors (Lipinski definition) is 2. The Morgan fingerprint density at radius 1 is 1.08 bits per heavy atom. The van der Waals surface area contributed by atoms with Crippen molar-refractivity contribution in [1.29, 1.82) is 0 Å². The van der Waals surface area contributed by atoms with Crippen LogP contribution in [0.15, 0.2) is 30.3 Å². The molecule has 0 aliphatic rings. The van der Waals surface area contributed by atoms with E-state index < -0.39 is 0 Å². The van der Waals surface area contributed by atoms with Crippen molar-refractivity contribution in [2.75, 3.05) is 6.54 Å².